The summed E-state index contributed by atoms with van der Waals surface area (Å²) in [7, 11) is 0. The second-order valence-corrected chi connectivity index (χ2v) is 5.21. The monoisotopic (exact) mass is 287 g/mol. The Hall–Kier alpha value is -1.87. The van der Waals surface area contributed by atoms with Crippen molar-refractivity contribution < 1.29 is 9.13 Å². The first-order chi connectivity index (χ1) is 10.2. The maximum absolute atomic E-state index is 12.8. The van der Waals surface area contributed by atoms with Crippen LogP contribution in [0.5, 0.6) is 5.75 Å². The van der Waals surface area contributed by atoms with Gasteiger partial charge in [-0.3, -0.25) is 0 Å². The van der Waals surface area contributed by atoms with Gasteiger partial charge in [0, 0.05) is 13.1 Å². The quantitative estimate of drug-likeness (QED) is 0.820. The molecule has 3 heteroatoms. The molecule has 0 amide bonds. The van der Waals surface area contributed by atoms with E-state index in [0.29, 0.717) is 0 Å². The molecule has 0 spiro atoms. The Bertz CT molecular complexity index is 536. The van der Waals surface area contributed by atoms with Gasteiger partial charge in [0.25, 0.3) is 0 Å². The highest BCUT2D eigenvalue weighted by Gasteiger charge is 2.01. The van der Waals surface area contributed by atoms with Gasteiger partial charge in [-0.1, -0.05) is 31.2 Å². The molecule has 0 aliphatic heterocycles. The number of rotatable bonds is 7. The fourth-order valence-corrected chi connectivity index (χ4v) is 1.95. The van der Waals surface area contributed by atoms with Crippen LogP contribution < -0.4 is 10.1 Å². The van der Waals surface area contributed by atoms with Crippen LogP contribution in [-0.2, 0) is 13.1 Å². The molecular weight excluding hydrogens is 265 g/mol. The summed E-state index contributed by atoms with van der Waals surface area (Å²) in [6, 6.07) is 14.7. The molecule has 0 saturated heterocycles. The largest absolute Gasteiger partial charge is 0.491 e. The predicted octanol–water partition coefficient (Wildman–Crippen LogP) is 4.29. The average Bonchev–Trinajstić information content (AvgIpc) is 2.51. The first-order valence-corrected chi connectivity index (χ1v) is 7.38. The molecule has 0 radical (unpaired) electrons. The fourth-order valence-electron chi connectivity index (χ4n) is 1.95. The summed E-state index contributed by atoms with van der Waals surface area (Å²) < 4.78 is 18.5. The summed E-state index contributed by atoms with van der Waals surface area (Å²) in [5.41, 5.74) is 2.28. The van der Waals surface area contributed by atoms with Crippen LogP contribution in [0.25, 0.3) is 0 Å². The van der Waals surface area contributed by atoms with Crippen molar-refractivity contribution in [1.29, 1.82) is 0 Å². The van der Waals surface area contributed by atoms with E-state index in [1.54, 1.807) is 12.1 Å². The summed E-state index contributed by atoms with van der Waals surface area (Å²) in [6.45, 7) is 5.68. The Morgan fingerprint density at radius 3 is 2.00 bits per heavy atom. The van der Waals surface area contributed by atoms with Gasteiger partial charge in [0.05, 0.1) is 6.10 Å². The number of halogens is 1. The third kappa shape index (κ3) is 5.20. The highest BCUT2D eigenvalue weighted by molar-refractivity contribution is 5.27. The molecule has 1 atom stereocenters. The molecule has 0 aliphatic rings. The second kappa shape index (κ2) is 7.79. The van der Waals surface area contributed by atoms with E-state index in [4.69, 9.17) is 4.74 Å². The molecule has 0 aromatic heterocycles. The molecule has 2 rings (SSSR count). The summed E-state index contributed by atoms with van der Waals surface area (Å²) in [4.78, 5) is 0. The van der Waals surface area contributed by atoms with Crippen LogP contribution in [0.3, 0.4) is 0 Å². The molecule has 2 aromatic carbocycles. The second-order valence-electron chi connectivity index (χ2n) is 5.21. The molecule has 1 unspecified atom stereocenters. The van der Waals surface area contributed by atoms with Gasteiger partial charge in [-0.05, 0) is 48.7 Å². The first kappa shape index (κ1) is 15.5. The molecule has 2 nitrogen and oxygen atoms in total. The zero-order valence-electron chi connectivity index (χ0n) is 12.6. The topological polar surface area (TPSA) is 21.3 Å². The number of hydrogen-bond donors (Lipinski definition) is 1. The van der Waals surface area contributed by atoms with Crippen molar-refractivity contribution in [2.45, 2.75) is 39.5 Å². The summed E-state index contributed by atoms with van der Waals surface area (Å²) >= 11 is 0. The molecule has 1 N–H and O–H groups in total. The SMILES string of the molecule is CCC(C)Oc1ccc(CNCc2ccc(F)cc2)cc1. The molecule has 0 fully saturated rings. The van der Waals surface area contributed by atoms with Crippen molar-refractivity contribution >= 4 is 0 Å². The maximum Gasteiger partial charge on any atom is 0.123 e. The number of ether oxygens (including phenoxy) is 1. The Kier molecular flexibility index (Phi) is 5.76. The Balaban J connectivity index is 1.79. The Labute approximate surface area is 126 Å². The van der Waals surface area contributed by atoms with Crippen molar-refractivity contribution in [3.63, 3.8) is 0 Å². The van der Waals surface area contributed by atoms with Crippen LogP contribution in [0.4, 0.5) is 4.39 Å². The van der Waals surface area contributed by atoms with Gasteiger partial charge in [0.15, 0.2) is 0 Å². The summed E-state index contributed by atoms with van der Waals surface area (Å²) in [5, 5.41) is 3.35. The van der Waals surface area contributed by atoms with E-state index in [-0.39, 0.29) is 11.9 Å². The minimum atomic E-state index is -0.198. The maximum atomic E-state index is 12.8. The highest BCUT2D eigenvalue weighted by Crippen LogP contribution is 2.15. The standard InChI is InChI=1S/C18H22FNO/c1-3-14(2)21-18-10-6-16(7-11-18)13-20-12-15-4-8-17(19)9-5-15/h4-11,14,20H,3,12-13H2,1-2H3. The molecule has 0 aliphatic carbocycles. The van der Waals surface area contributed by atoms with Gasteiger partial charge in [-0.2, -0.15) is 0 Å². The Morgan fingerprint density at radius 2 is 1.48 bits per heavy atom. The lowest BCUT2D eigenvalue weighted by atomic mass is 10.2. The van der Waals surface area contributed by atoms with E-state index in [0.717, 1.165) is 30.8 Å². The lowest BCUT2D eigenvalue weighted by Gasteiger charge is -2.13. The van der Waals surface area contributed by atoms with E-state index in [1.165, 1.54) is 17.7 Å². The smallest absolute Gasteiger partial charge is 0.123 e. The van der Waals surface area contributed by atoms with Gasteiger partial charge in [-0.25, -0.2) is 4.39 Å². The van der Waals surface area contributed by atoms with Crippen LogP contribution in [-0.4, -0.2) is 6.10 Å². The van der Waals surface area contributed by atoms with Crippen molar-refractivity contribution in [3.05, 3.63) is 65.5 Å². The van der Waals surface area contributed by atoms with Crippen molar-refractivity contribution in [2.75, 3.05) is 0 Å². The van der Waals surface area contributed by atoms with Gasteiger partial charge in [-0.15, -0.1) is 0 Å². The molecule has 0 bridgehead atoms. The molecule has 0 heterocycles. The zero-order chi connectivity index (χ0) is 15.1. The average molecular weight is 287 g/mol. The van der Waals surface area contributed by atoms with E-state index in [2.05, 4.69) is 31.3 Å². The fraction of sp³-hybridized carbons (Fsp3) is 0.333. The number of benzene rings is 2. The number of hydrogen-bond acceptors (Lipinski definition) is 2. The molecule has 2 aromatic rings. The third-order valence-electron chi connectivity index (χ3n) is 3.41. The van der Waals surface area contributed by atoms with Crippen molar-refractivity contribution in [2.24, 2.45) is 0 Å². The van der Waals surface area contributed by atoms with Crippen LogP contribution in [0, 0.1) is 5.82 Å². The van der Waals surface area contributed by atoms with Crippen LogP contribution in [0.2, 0.25) is 0 Å². The minimum absolute atomic E-state index is 0.198. The van der Waals surface area contributed by atoms with Gasteiger partial charge < -0.3 is 10.1 Å². The third-order valence-corrected chi connectivity index (χ3v) is 3.41. The number of nitrogens with one attached hydrogen (secondary N) is 1. The molecular formula is C18H22FNO. The van der Waals surface area contributed by atoms with Crippen LogP contribution in [0.1, 0.15) is 31.4 Å². The van der Waals surface area contributed by atoms with E-state index in [9.17, 15) is 4.39 Å². The lowest BCUT2D eigenvalue weighted by Crippen LogP contribution is -2.13. The minimum Gasteiger partial charge on any atom is -0.491 e. The van der Waals surface area contributed by atoms with Gasteiger partial charge in [0.1, 0.15) is 11.6 Å². The van der Waals surface area contributed by atoms with Crippen molar-refractivity contribution in [3.8, 4) is 5.75 Å². The normalized spacial score (nSPS) is 12.1. The highest BCUT2D eigenvalue weighted by atomic mass is 19.1. The van der Waals surface area contributed by atoms with E-state index in [1.807, 2.05) is 12.1 Å². The van der Waals surface area contributed by atoms with Gasteiger partial charge in [0.2, 0.25) is 0 Å². The summed E-state index contributed by atoms with van der Waals surface area (Å²) in [5.74, 6) is 0.710. The molecule has 21 heavy (non-hydrogen) atoms. The van der Waals surface area contributed by atoms with Crippen LogP contribution >= 0.6 is 0 Å². The lowest BCUT2D eigenvalue weighted by molar-refractivity contribution is 0.217. The van der Waals surface area contributed by atoms with E-state index >= 15 is 0 Å². The first-order valence-electron chi connectivity index (χ1n) is 7.38. The zero-order valence-corrected chi connectivity index (χ0v) is 12.6. The van der Waals surface area contributed by atoms with Gasteiger partial charge >= 0.3 is 0 Å². The van der Waals surface area contributed by atoms with Crippen LogP contribution in [0.15, 0.2) is 48.5 Å². The Morgan fingerprint density at radius 1 is 0.952 bits per heavy atom. The van der Waals surface area contributed by atoms with Crippen molar-refractivity contribution in [1.82, 2.24) is 5.32 Å². The van der Waals surface area contributed by atoms with E-state index < -0.39 is 0 Å². The molecule has 112 valence electrons. The molecule has 0 saturated carbocycles. The predicted molar refractivity (Wildman–Crippen MR) is 83.8 cm³/mol. The summed E-state index contributed by atoms with van der Waals surface area (Å²) in [6.07, 6.45) is 1.24.